The summed E-state index contributed by atoms with van der Waals surface area (Å²) in [5.41, 5.74) is -0.511. The largest absolute Gasteiger partial charge is 0.416 e. The maximum Gasteiger partial charge on any atom is 0.416 e. The topological polar surface area (TPSA) is 0 Å². The third-order valence-electron chi connectivity index (χ3n) is 4.20. The van der Waals surface area contributed by atoms with Gasteiger partial charge in [0.2, 0.25) is 0 Å². The second kappa shape index (κ2) is 7.59. The van der Waals surface area contributed by atoms with Crippen LogP contribution in [0.15, 0.2) is 72.8 Å². The summed E-state index contributed by atoms with van der Waals surface area (Å²) in [5, 5.41) is 2.11. The van der Waals surface area contributed by atoms with Gasteiger partial charge in [0.15, 0.2) is 0 Å². The van der Waals surface area contributed by atoms with E-state index in [1.807, 2.05) is 31.2 Å². The highest BCUT2D eigenvalue weighted by Crippen LogP contribution is 2.36. The lowest BCUT2D eigenvalue weighted by molar-refractivity contribution is -0.138. The van der Waals surface area contributed by atoms with Crippen molar-refractivity contribution in [2.45, 2.75) is 19.3 Å². The molecule has 3 rings (SSSR count). The molecule has 28 heavy (non-hydrogen) atoms. The smallest absolute Gasteiger partial charge is 0.166 e. The van der Waals surface area contributed by atoms with Crippen molar-refractivity contribution in [2.24, 2.45) is 0 Å². The third-order valence-corrected chi connectivity index (χ3v) is 6.64. The number of alkyl halides is 6. The molecule has 0 radical (unpaired) electrons. The molecule has 0 aliphatic heterocycles. The minimum atomic E-state index is -4.44. The van der Waals surface area contributed by atoms with Gasteiger partial charge >= 0.3 is 12.4 Å². The predicted octanol–water partition coefficient (Wildman–Crippen LogP) is 5.79. The number of aryl methyl sites for hydroxylation is 1. The van der Waals surface area contributed by atoms with Gasteiger partial charge in [-0.25, -0.2) is 0 Å². The maximum atomic E-state index is 12.9. The van der Waals surface area contributed by atoms with Crippen molar-refractivity contribution >= 4 is 23.8 Å². The van der Waals surface area contributed by atoms with Crippen molar-refractivity contribution in [1.82, 2.24) is 0 Å². The quantitative estimate of drug-likeness (QED) is 0.377. The zero-order valence-corrected chi connectivity index (χ0v) is 15.5. The van der Waals surface area contributed by atoms with Gasteiger partial charge in [0.25, 0.3) is 0 Å². The Hall–Kier alpha value is -2.33. The fourth-order valence-corrected chi connectivity index (χ4v) is 4.98. The highest BCUT2D eigenvalue weighted by atomic mass is 31.1. The molecule has 0 fully saturated rings. The van der Waals surface area contributed by atoms with Crippen molar-refractivity contribution in [1.29, 1.82) is 0 Å². The van der Waals surface area contributed by atoms with E-state index in [0.29, 0.717) is 10.6 Å². The minimum absolute atomic E-state index is 0.631. The van der Waals surface area contributed by atoms with E-state index in [1.54, 1.807) is 0 Å². The van der Waals surface area contributed by atoms with Gasteiger partial charge in [0.05, 0.1) is 11.1 Å². The molecule has 0 unspecified atom stereocenters. The number of hydrogen-bond donors (Lipinski definition) is 0. The second-order valence-electron chi connectivity index (χ2n) is 6.26. The van der Waals surface area contributed by atoms with Crippen LogP contribution in [0.3, 0.4) is 0 Å². The number of halogens is 6. The summed E-state index contributed by atoms with van der Waals surface area (Å²) in [7, 11) is -1.29. The maximum absolute atomic E-state index is 12.9. The van der Waals surface area contributed by atoms with Crippen molar-refractivity contribution in [3.05, 3.63) is 89.5 Å². The third kappa shape index (κ3) is 4.56. The van der Waals surface area contributed by atoms with E-state index in [-0.39, 0.29) is 0 Å². The molecule has 7 heteroatoms. The first kappa shape index (κ1) is 20.4. The summed E-state index contributed by atoms with van der Waals surface area (Å²) >= 11 is 0. The summed E-state index contributed by atoms with van der Waals surface area (Å²) < 4.78 is 77.2. The molecule has 0 saturated carbocycles. The first-order valence-corrected chi connectivity index (χ1v) is 9.61. The van der Waals surface area contributed by atoms with Gasteiger partial charge in [-0.2, -0.15) is 26.3 Å². The van der Waals surface area contributed by atoms with Crippen molar-refractivity contribution < 1.29 is 26.3 Å². The highest BCUT2D eigenvalue weighted by Gasteiger charge is 2.32. The van der Waals surface area contributed by atoms with Crippen LogP contribution in [0.4, 0.5) is 26.3 Å². The average molecular weight is 412 g/mol. The minimum Gasteiger partial charge on any atom is -0.166 e. The van der Waals surface area contributed by atoms with Gasteiger partial charge in [-0.15, -0.1) is 0 Å². The Kier molecular flexibility index (Phi) is 5.53. The number of rotatable bonds is 3. The van der Waals surface area contributed by atoms with Crippen LogP contribution < -0.4 is 15.9 Å². The normalized spacial score (nSPS) is 12.4. The Labute approximate surface area is 159 Å². The van der Waals surface area contributed by atoms with E-state index in [2.05, 4.69) is 0 Å². The molecule has 146 valence electrons. The van der Waals surface area contributed by atoms with Crippen molar-refractivity contribution in [3.63, 3.8) is 0 Å². The molecule has 0 bridgehead atoms. The molecule has 0 heterocycles. The van der Waals surface area contributed by atoms with Crippen molar-refractivity contribution in [3.8, 4) is 0 Å². The SMILES string of the molecule is Cc1ccc(P(c2ccc(C(F)(F)F)cc2)c2ccc(C(F)(F)F)cc2)cc1. The van der Waals surface area contributed by atoms with Crippen LogP contribution in [0, 0.1) is 6.92 Å². The summed E-state index contributed by atoms with van der Waals surface area (Å²) in [6, 6.07) is 17.1. The van der Waals surface area contributed by atoms with Crippen LogP contribution in [0.1, 0.15) is 16.7 Å². The number of benzene rings is 3. The lowest BCUT2D eigenvalue weighted by Crippen LogP contribution is -2.21. The van der Waals surface area contributed by atoms with Crippen LogP contribution in [0.25, 0.3) is 0 Å². The lowest BCUT2D eigenvalue weighted by atomic mass is 10.2. The van der Waals surface area contributed by atoms with Gasteiger partial charge in [-0.1, -0.05) is 54.1 Å². The standard InChI is InChI=1S/C21H15F6P/c1-14-2-8-17(9-3-14)28(18-10-4-15(5-11-18)20(22,23)24)19-12-6-16(7-13-19)21(25,26)27/h2-13H,1H3. The van der Waals surface area contributed by atoms with E-state index >= 15 is 0 Å². The van der Waals surface area contributed by atoms with Crippen LogP contribution in [0.5, 0.6) is 0 Å². The molecular formula is C21H15F6P. The highest BCUT2D eigenvalue weighted by molar-refractivity contribution is 7.79. The summed E-state index contributed by atoms with van der Waals surface area (Å²) in [4.78, 5) is 0. The average Bonchev–Trinajstić information content (AvgIpc) is 2.63. The van der Waals surface area contributed by atoms with Gasteiger partial charge in [-0.05, 0) is 55.0 Å². The molecule has 3 aromatic carbocycles. The van der Waals surface area contributed by atoms with Gasteiger partial charge in [-0.3, -0.25) is 0 Å². The zero-order chi connectivity index (χ0) is 20.5. The van der Waals surface area contributed by atoms with Crippen LogP contribution in [-0.4, -0.2) is 0 Å². The van der Waals surface area contributed by atoms with Crippen molar-refractivity contribution in [2.75, 3.05) is 0 Å². The van der Waals surface area contributed by atoms with Crippen LogP contribution >= 0.6 is 7.92 Å². The van der Waals surface area contributed by atoms with Gasteiger partial charge in [0.1, 0.15) is 0 Å². The van der Waals surface area contributed by atoms with Crippen LogP contribution in [-0.2, 0) is 12.4 Å². The molecule has 0 N–H and O–H groups in total. The molecule has 0 atom stereocenters. The van der Waals surface area contributed by atoms with E-state index in [0.717, 1.165) is 35.1 Å². The molecule has 0 aromatic heterocycles. The summed E-state index contributed by atoms with van der Waals surface area (Å²) in [5.74, 6) is 0. The Morgan fingerprint density at radius 2 is 0.786 bits per heavy atom. The molecule has 0 aliphatic rings. The fraction of sp³-hybridized carbons (Fsp3) is 0.143. The monoisotopic (exact) mass is 412 g/mol. The van der Waals surface area contributed by atoms with Gasteiger partial charge in [0, 0.05) is 0 Å². The molecule has 0 spiro atoms. The first-order chi connectivity index (χ1) is 13.1. The van der Waals surface area contributed by atoms with Gasteiger partial charge < -0.3 is 0 Å². The Morgan fingerprint density at radius 3 is 1.07 bits per heavy atom. The Balaban J connectivity index is 2.06. The zero-order valence-electron chi connectivity index (χ0n) is 14.6. The fourth-order valence-electron chi connectivity index (χ4n) is 2.74. The first-order valence-electron chi connectivity index (χ1n) is 8.27. The van der Waals surface area contributed by atoms with E-state index < -0.39 is 31.4 Å². The molecular weight excluding hydrogens is 397 g/mol. The van der Waals surface area contributed by atoms with E-state index in [9.17, 15) is 26.3 Å². The second-order valence-corrected chi connectivity index (χ2v) is 8.48. The molecule has 0 nitrogen and oxygen atoms in total. The van der Waals surface area contributed by atoms with E-state index in [4.69, 9.17) is 0 Å². The molecule has 0 amide bonds. The molecule has 0 saturated heterocycles. The summed E-state index contributed by atoms with van der Waals surface area (Å²) in [6.45, 7) is 1.91. The molecule has 0 aliphatic carbocycles. The lowest BCUT2D eigenvalue weighted by Gasteiger charge is -2.21. The Morgan fingerprint density at radius 1 is 0.500 bits per heavy atom. The summed E-state index contributed by atoms with van der Waals surface area (Å²) in [6.07, 6.45) is -8.89. The molecule has 3 aromatic rings. The predicted molar refractivity (Wildman–Crippen MR) is 99.9 cm³/mol. The Bertz CT molecular complexity index is 866. The van der Waals surface area contributed by atoms with E-state index in [1.165, 1.54) is 24.3 Å². The van der Waals surface area contributed by atoms with Crippen LogP contribution in [0.2, 0.25) is 0 Å². The number of hydrogen-bond acceptors (Lipinski definition) is 0.